The monoisotopic (exact) mass is 438 g/mol. The Bertz CT molecular complexity index is 1070. The van der Waals surface area contributed by atoms with Crippen LogP contribution < -0.4 is 5.32 Å². The summed E-state index contributed by atoms with van der Waals surface area (Å²) in [6, 6.07) is 6.05. The van der Waals surface area contributed by atoms with E-state index in [1.54, 1.807) is 49.4 Å². The highest BCUT2D eigenvalue weighted by atomic mass is 19.1. The van der Waals surface area contributed by atoms with Gasteiger partial charge in [-0.2, -0.15) is 5.10 Å². The van der Waals surface area contributed by atoms with E-state index in [-0.39, 0.29) is 17.8 Å². The average molecular weight is 439 g/mol. The molecule has 2 atom stereocenters. The molecular weight excluding hydrogens is 411 g/mol. The number of aliphatic hydroxyl groups is 1. The van der Waals surface area contributed by atoms with Crippen LogP contribution in [-0.2, 0) is 7.05 Å². The van der Waals surface area contributed by atoms with Crippen LogP contribution in [0.1, 0.15) is 48.3 Å². The summed E-state index contributed by atoms with van der Waals surface area (Å²) in [4.78, 5) is 23.9. The van der Waals surface area contributed by atoms with Crippen molar-refractivity contribution in [3.63, 3.8) is 0 Å². The lowest BCUT2D eigenvalue weighted by Crippen LogP contribution is -2.47. The van der Waals surface area contributed by atoms with Gasteiger partial charge in [0.15, 0.2) is 5.69 Å². The van der Waals surface area contributed by atoms with Crippen molar-refractivity contribution in [3.05, 3.63) is 59.9 Å². The number of aliphatic hydroxyl groups excluding tert-OH is 1. The van der Waals surface area contributed by atoms with Crippen LogP contribution in [0.15, 0.2) is 42.9 Å². The van der Waals surface area contributed by atoms with Crippen LogP contribution in [-0.4, -0.2) is 54.8 Å². The Kier molecular flexibility index (Phi) is 6.45. The molecule has 8 nitrogen and oxygen atoms in total. The fourth-order valence-corrected chi connectivity index (χ4v) is 3.96. The molecule has 2 aromatic heterocycles. The third-order valence-electron chi connectivity index (χ3n) is 5.72. The molecule has 1 unspecified atom stereocenters. The van der Waals surface area contributed by atoms with Crippen LogP contribution in [0.4, 0.5) is 10.3 Å². The molecule has 2 N–H and O–H groups in total. The van der Waals surface area contributed by atoms with Gasteiger partial charge in [-0.3, -0.25) is 9.48 Å². The molecule has 1 aliphatic rings. The SMILES string of the molecule is C[C@H](O)c1cnc(NCC2CCCCN2C(=O)c2nn(C)cc2-c2ccc(F)cc2)nc1. The summed E-state index contributed by atoms with van der Waals surface area (Å²) in [6.07, 6.45) is 7.17. The molecule has 1 fully saturated rings. The number of benzene rings is 1. The number of likely N-dealkylation sites (tertiary alicyclic amines) is 1. The smallest absolute Gasteiger partial charge is 0.275 e. The van der Waals surface area contributed by atoms with E-state index in [1.807, 2.05) is 4.90 Å². The van der Waals surface area contributed by atoms with E-state index in [1.165, 1.54) is 12.1 Å². The van der Waals surface area contributed by atoms with E-state index in [9.17, 15) is 14.3 Å². The number of hydrogen-bond donors (Lipinski definition) is 2. The molecule has 32 heavy (non-hydrogen) atoms. The van der Waals surface area contributed by atoms with Gasteiger partial charge in [-0.25, -0.2) is 14.4 Å². The number of nitrogens with zero attached hydrogens (tertiary/aromatic N) is 5. The number of aryl methyl sites for hydroxylation is 1. The van der Waals surface area contributed by atoms with Gasteiger partial charge in [0, 0.05) is 55.9 Å². The number of nitrogens with one attached hydrogen (secondary N) is 1. The van der Waals surface area contributed by atoms with Crippen molar-refractivity contribution in [2.24, 2.45) is 7.05 Å². The highest BCUT2D eigenvalue weighted by Gasteiger charge is 2.30. The third-order valence-corrected chi connectivity index (χ3v) is 5.72. The molecule has 1 saturated heterocycles. The summed E-state index contributed by atoms with van der Waals surface area (Å²) in [5.74, 6) is -0.00427. The predicted molar refractivity (Wildman–Crippen MR) is 118 cm³/mol. The Hall–Kier alpha value is -3.33. The quantitative estimate of drug-likeness (QED) is 0.614. The number of hydrogen-bond acceptors (Lipinski definition) is 6. The third kappa shape index (κ3) is 4.77. The van der Waals surface area contributed by atoms with Crippen molar-refractivity contribution in [2.75, 3.05) is 18.4 Å². The van der Waals surface area contributed by atoms with E-state index in [4.69, 9.17) is 0 Å². The predicted octanol–water partition coefficient (Wildman–Crippen LogP) is 3.18. The van der Waals surface area contributed by atoms with Crippen LogP contribution in [0.25, 0.3) is 11.1 Å². The molecular formula is C23H27FN6O2. The number of amides is 1. The maximum Gasteiger partial charge on any atom is 0.275 e. The number of rotatable bonds is 6. The lowest BCUT2D eigenvalue weighted by atomic mass is 10.00. The number of piperidine rings is 1. The molecule has 168 valence electrons. The first-order valence-electron chi connectivity index (χ1n) is 10.8. The van der Waals surface area contributed by atoms with E-state index < -0.39 is 6.10 Å². The Balaban J connectivity index is 1.51. The maximum absolute atomic E-state index is 13.5. The minimum atomic E-state index is -0.621. The first-order valence-corrected chi connectivity index (χ1v) is 10.8. The standard InChI is InChI=1S/C23H27FN6O2/c1-15(31)17-11-25-23(26-12-17)27-13-19-5-3-4-10-30(19)22(32)21-20(14-29(2)28-21)16-6-8-18(24)9-7-16/h6-9,11-12,14-15,19,31H,3-5,10,13H2,1-2H3,(H,25,26,27)/t15-,19?/m0/s1. The van der Waals surface area contributed by atoms with Crippen molar-refractivity contribution in [1.29, 1.82) is 0 Å². The number of carbonyl (C=O) groups excluding carboxylic acids is 1. The van der Waals surface area contributed by atoms with Gasteiger partial charge in [0.05, 0.1) is 6.10 Å². The topological polar surface area (TPSA) is 96.2 Å². The van der Waals surface area contributed by atoms with Crippen molar-refractivity contribution in [2.45, 2.75) is 38.3 Å². The second kappa shape index (κ2) is 9.44. The van der Waals surface area contributed by atoms with Crippen molar-refractivity contribution in [3.8, 4) is 11.1 Å². The highest BCUT2D eigenvalue weighted by molar-refractivity contribution is 5.99. The lowest BCUT2D eigenvalue weighted by Gasteiger charge is -2.35. The van der Waals surface area contributed by atoms with Gasteiger partial charge in [0.2, 0.25) is 5.95 Å². The first kappa shape index (κ1) is 21.9. The maximum atomic E-state index is 13.5. The van der Waals surface area contributed by atoms with E-state index in [0.29, 0.717) is 35.9 Å². The van der Waals surface area contributed by atoms with Gasteiger partial charge < -0.3 is 15.3 Å². The average Bonchev–Trinajstić information content (AvgIpc) is 3.19. The second-order valence-electron chi connectivity index (χ2n) is 8.12. The van der Waals surface area contributed by atoms with Crippen LogP contribution in [0, 0.1) is 5.82 Å². The Morgan fingerprint density at radius 1 is 1.25 bits per heavy atom. The zero-order valence-corrected chi connectivity index (χ0v) is 18.2. The molecule has 3 heterocycles. The second-order valence-corrected chi connectivity index (χ2v) is 8.12. The molecule has 0 spiro atoms. The van der Waals surface area contributed by atoms with Gasteiger partial charge in [-0.15, -0.1) is 0 Å². The van der Waals surface area contributed by atoms with Crippen molar-refractivity contribution >= 4 is 11.9 Å². The molecule has 9 heteroatoms. The molecule has 0 aliphatic carbocycles. The van der Waals surface area contributed by atoms with Gasteiger partial charge in [-0.05, 0) is 43.9 Å². The summed E-state index contributed by atoms with van der Waals surface area (Å²) in [5, 5.41) is 17.2. The number of carbonyl (C=O) groups is 1. The van der Waals surface area contributed by atoms with Gasteiger partial charge in [0.1, 0.15) is 5.82 Å². The molecule has 1 aromatic carbocycles. The fourth-order valence-electron chi connectivity index (χ4n) is 3.96. The molecule has 1 aliphatic heterocycles. The summed E-state index contributed by atoms with van der Waals surface area (Å²) in [7, 11) is 1.77. The summed E-state index contributed by atoms with van der Waals surface area (Å²) in [5.41, 5.74) is 2.45. The van der Waals surface area contributed by atoms with E-state index in [2.05, 4.69) is 20.4 Å². The first-order chi connectivity index (χ1) is 15.4. The van der Waals surface area contributed by atoms with Crippen LogP contribution in [0.5, 0.6) is 0 Å². The van der Waals surface area contributed by atoms with Crippen molar-refractivity contribution < 1.29 is 14.3 Å². The zero-order valence-electron chi connectivity index (χ0n) is 18.2. The lowest BCUT2D eigenvalue weighted by molar-refractivity contribution is 0.0622. The summed E-state index contributed by atoms with van der Waals surface area (Å²) in [6.45, 7) is 2.82. The Morgan fingerprint density at radius 2 is 1.97 bits per heavy atom. The molecule has 4 rings (SSSR count). The summed E-state index contributed by atoms with van der Waals surface area (Å²) >= 11 is 0. The van der Waals surface area contributed by atoms with Crippen molar-refractivity contribution in [1.82, 2.24) is 24.6 Å². The Labute approximate surface area is 186 Å². The normalized spacial score (nSPS) is 17.2. The largest absolute Gasteiger partial charge is 0.389 e. The molecule has 1 amide bonds. The van der Waals surface area contributed by atoms with Gasteiger partial charge in [-0.1, -0.05) is 12.1 Å². The number of anilines is 1. The minimum Gasteiger partial charge on any atom is -0.389 e. The number of halogens is 1. The minimum absolute atomic E-state index is 0.0284. The zero-order chi connectivity index (χ0) is 22.7. The highest BCUT2D eigenvalue weighted by Crippen LogP contribution is 2.27. The van der Waals surface area contributed by atoms with Crippen LogP contribution in [0.2, 0.25) is 0 Å². The number of aromatic nitrogens is 4. The van der Waals surface area contributed by atoms with E-state index >= 15 is 0 Å². The van der Waals surface area contributed by atoms with Gasteiger partial charge in [0.25, 0.3) is 5.91 Å². The molecule has 0 saturated carbocycles. The van der Waals surface area contributed by atoms with Gasteiger partial charge >= 0.3 is 0 Å². The molecule has 0 radical (unpaired) electrons. The molecule has 3 aromatic rings. The van der Waals surface area contributed by atoms with E-state index in [0.717, 1.165) is 24.8 Å². The van der Waals surface area contributed by atoms with Crippen LogP contribution >= 0.6 is 0 Å². The van der Waals surface area contributed by atoms with Crippen LogP contribution in [0.3, 0.4) is 0 Å². The molecule has 0 bridgehead atoms. The Morgan fingerprint density at radius 3 is 2.66 bits per heavy atom. The summed E-state index contributed by atoms with van der Waals surface area (Å²) < 4.78 is 15.0. The fraction of sp³-hybridized carbons (Fsp3) is 0.391.